The molecule has 4 rings (SSSR count). The van der Waals surface area contributed by atoms with Crippen LogP contribution in [-0.2, 0) is 16.1 Å². The van der Waals surface area contributed by atoms with Gasteiger partial charge in [0.25, 0.3) is 0 Å². The number of rotatable bonds is 10. The smallest absolute Gasteiger partial charge is 0.245 e. The van der Waals surface area contributed by atoms with E-state index in [-0.39, 0.29) is 35.6 Å². The molecule has 1 aromatic carbocycles. The third-order valence-corrected chi connectivity index (χ3v) is 8.29. The highest BCUT2D eigenvalue weighted by atomic mass is 16.2. The summed E-state index contributed by atoms with van der Waals surface area (Å²) in [4.78, 5) is 50.1. The molecule has 1 fully saturated rings. The molecule has 2 amide bonds. The van der Waals surface area contributed by atoms with Crippen molar-refractivity contribution in [3.8, 4) is 11.1 Å². The number of amides is 2. The first-order valence-electron chi connectivity index (χ1n) is 14.3. The molecule has 0 radical (unpaired) electrons. The Labute approximate surface area is 236 Å². The summed E-state index contributed by atoms with van der Waals surface area (Å²) in [6.45, 7) is 14.2. The standard InChI is InChI=1S/C31H42N6O3/c1-8-9-10-11-12-32-30(40)26-15-31(6,7)21(4)37(26)27(39)18-36-29-19(2)13-23(24-16-33-22(5)34-17-24)14-25(29)28(35-36)20(3)38/h13-14,16-17,21,26H,8-12,15,18H2,1-7H3,(H,32,40)/t21-,26+/m1/s1. The molecule has 1 aliphatic heterocycles. The summed E-state index contributed by atoms with van der Waals surface area (Å²) in [6, 6.07) is 3.25. The van der Waals surface area contributed by atoms with Crippen LogP contribution in [0, 0.1) is 19.3 Å². The first-order chi connectivity index (χ1) is 18.9. The molecule has 0 aliphatic carbocycles. The van der Waals surface area contributed by atoms with E-state index in [4.69, 9.17) is 0 Å². The number of aryl methyl sites for hydroxylation is 2. The molecule has 1 N–H and O–H groups in total. The summed E-state index contributed by atoms with van der Waals surface area (Å²) in [6.07, 6.45) is 8.41. The Bertz CT molecular complexity index is 1410. The van der Waals surface area contributed by atoms with Gasteiger partial charge in [0.05, 0.1) is 5.52 Å². The van der Waals surface area contributed by atoms with Crippen LogP contribution in [0.5, 0.6) is 0 Å². The highest BCUT2D eigenvalue weighted by Gasteiger charge is 2.49. The van der Waals surface area contributed by atoms with Crippen LogP contribution in [0.25, 0.3) is 22.0 Å². The molecule has 0 spiro atoms. The van der Waals surface area contributed by atoms with Gasteiger partial charge in [0, 0.05) is 42.9 Å². The number of hydrogen-bond donors (Lipinski definition) is 1. The minimum Gasteiger partial charge on any atom is -0.354 e. The fourth-order valence-electron chi connectivity index (χ4n) is 5.72. The van der Waals surface area contributed by atoms with Crippen molar-refractivity contribution in [1.29, 1.82) is 0 Å². The van der Waals surface area contributed by atoms with Crippen LogP contribution in [-0.4, -0.2) is 60.9 Å². The summed E-state index contributed by atoms with van der Waals surface area (Å²) < 4.78 is 1.62. The van der Waals surface area contributed by atoms with Crippen LogP contribution in [0.4, 0.5) is 0 Å². The van der Waals surface area contributed by atoms with Crippen molar-refractivity contribution in [2.75, 3.05) is 6.54 Å². The molecular weight excluding hydrogens is 504 g/mol. The van der Waals surface area contributed by atoms with Gasteiger partial charge in [-0.2, -0.15) is 5.10 Å². The lowest BCUT2D eigenvalue weighted by molar-refractivity contribution is -0.141. The van der Waals surface area contributed by atoms with Gasteiger partial charge in [0.2, 0.25) is 11.8 Å². The number of ketones is 1. The largest absolute Gasteiger partial charge is 0.354 e. The van der Waals surface area contributed by atoms with E-state index in [0.29, 0.717) is 29.9 Å². The zero-order valence-electron chi connectivity index (χ0n) is 24.9. The molecular formula is C31H42N6O3. The van der Waals surface area contributed by atoms with Crippen LogP contribution < -0.4 is 5.32 Å². The molecule has 2 aromatic heterocycles. The topological polar surface area (TPSA) is 110 Å². The summed E-state index contributed by atoms with van der Waals surface area (Å²) in [7, 11) is 0. The second kappa shape index (κ2) is 11.9. The molecule has 2 atom stereocenters. The molecule has 40 heavy (non-hydrogen) atoms. The Morgan fingerprint density at radius 3 is 2.40 bits per heavy atom. The number of fused-ring (bicyclic) bond motifs is 1. The number of benzene rings is 1. The van der Waals surface area contributed by atoms with Crippen LogP contribution in [0.15, 0.2) is 24.5 Å². The quantitative estimate of drug-likeness (QED) is 0.282. The Morgan fingerprint density at radius 2 is 1.75 bits per heavy atom. The number of hydrogen-bond acceptors (Lipinski definition) is 6. The molecule has 0 saturated carbocycles. The van der Waals surface area contributed by atoms with Gasteiger partial charge in [0.15, 0.2) is 5.78 Å². The van der Waals surface area contributed by atoms with Crippen LogP contribution in [0.1, 0.15) is 88.6 Å². The Balaban J connectivity index is 1.64. The van der Waals surface area contributed by atoms with Crippen molar-refractivity contribution < 1.29 is 14.4 Å². The molecule has 3 heterocycles. The lowest BCUT2D eigenvalue weighted by Crippen LogP contribution is -2.50. The van der Waals surface area contributed by atoms with Gasteiger partial charge in [-0.1, -0.05) is 40.0 Å². The number of likely N-dealkylation sites (tertiary alicyclic amines) is 1. The molecule has 9 heteroatoms. The minimum absolute atomic E-state index is 0.0572. The normalized spacial score (nSPS) is 18.3. The molecule has 9 nitrogen and oxygen atoms in total. The van der Waals surface area contributed by atoms with Gasteiger partial charge in [-0.3, -0.25) is 19.1 Å². The highest BCUT2D eigenvalue weighted by molar-refractivity contribution is 6.07. The maximum absolute atomic E-state index is 13.9. The second-order valence-corrected chi connectivity index (χ2v) is 11.8. The SMILES string of the molecule is CCCCCCNC(=O)[C@@H]1CC(C)(C)[C@@H](C)N1C(=O)Cn1nc(C(C)=O)c2cc(-c3cnc(C)nc3)cc(C)c21. The lowest BCUT2D eigenvalue weighted by Gasteiger charge is -2.31. The Hall–Kier alpha value is -3.62. The monoisotopic (exact) mass is 546 g/mol. The maximum atomic E-state index is 13.9. The first kappa shape index (κ1) is 29.4. The fraction of sp³-hybridized carbons (Fsp3) is 0.548. The minimum atomic E-state index is -0.535. The molecule has 0 bridgehead atoms. The van der Waals surface area contributed by atoms with Crippen LogP contribution in [0.2, 0.25) is 0 Å². The van der Waals surface area contributed by atoms with Gasteiger partial charge >= 0.3 is 0 Å². The van der Waals surface area contributed by atoms with Crippen molar-refractivity contribution in [3.63, 3.8) is 0 Å². The second-order valence-electron chi connectivity index (χ2n) is 11.8. The average molecular weight is 547 g/mol. The van der Waals surface area contributed by atoms with Crippen LogP contribution in [0.3, 0.4) is 0 Å². The van der Waals surface area contributed by atoms with Crippen molar-refractivity contribution >= 4 is 28.5 Å². The van der Waals surface area contributed by atoms with E-state index >= 15 is 0 Å². The number of nitrogens with zero attached hydrogens (tertiary/aromatic N) is 5. The van der Waals surface area contributed by atoms with Crippen molar-refractivity contribution in [2.24, 2.45) is 5.41 Å². The summed E-state index contributed by atoms with van der Waals surface area (Å²) in [5.41, 5.74) is 3.44. The van der Waals surface area contributed by atoms with E-state index in [0.717, 1.165) is 47.9 Å². The zero-order chi connectivity index (χ0) is 29.2. The molecule has 214 valence electrons. The molecule has 1 saturated heterocycles. The number of nitrogens with one attached hydrogen (secondary N) is 1. The molecule has 1 aliphatic rings. The first-order valence-corrected chi connectivity index (χ1v) is 14.3. The van der Waals surface area contributed by atoms with Gasteiger partial charge in [-0.05, 0) is 62.3 Å². The summed E-state index contributed by atoms with van der Waals surface area (Å²) in [5, 5.41) is 8.36. The van der Waals surface area contributed by atoms with Gasteiger partial charge in [0.1, 0.15) is 24.1 Å². The fourth-order valence-corrected chi connectivity index (χ4v) is 5.72. The van der Waals surface area contributed by atoms with Crippen molar-refractivity contribution in [2.45, 2.75) is 99.2 Å². The van der Waals surface area contributed by atoms with Crippen LogP contribution >= 0.6 is 0 Å². The van der Waals surface area contributed by atoms with E-state index in [1.165, 1.54) is 6.92 Å². The average Bonchev–Trinajstić information content (AvgIpc) is 3.38. The van der Waals surface area contributed by atoms with Crippen molar-refractivity contribution in [3.05, 3.63) is 41.6 Å². The summed E-state index contributed by atoms with van der Waals surface area (Å²) >= 11 is 0. The Morgan fingerprint density at radius 1 is 1.05 bits per heavy atom. The van der Waals surface area contributed by atoms with E-state index in [2.05, 4.69) is 41.2 Å². The molecule has 3 aromatic rings. The highest BCUT2D eigenvalue weighted by Crippen LogP contribution is 2.40. The van der Waals surface area contributed by atoms with Gasteiger partial charge in [-0.25, -0.2) is 9.97 Å². The third-order valence-electron chi connectivity index (χ3n) is 8.29. The third kappa shape index (κ3) is 5.93. The van der Waals surface area contributed by atoms with Gasteiger partial charge in [-0.15, -0.1) is 0 Å². The lowest BCUT2D eigenvalue weighted by atomic mass is 9.84. The number of carbonyl (C=O) groups is 3. The predicted molar refractivity (Wildman–Crippen MR) is 156 cm³/mol. The number of Topliss-reactive ketones (excluding diaryl/α,β-unsaturated/α-hetero) is 1. The van der Waals surface area contributed by atoms with E-state index in [9.17, 15) is 14.4 Å². The number of carbonyl (C=O) groups excluding carboxylic acids is 3. The number of aromatic nitrogens is 4. The van der Waals surface area contributed by atoms with E-state index in [1.807, 2.05) is 32.9 Å². The van der Waals surface area contributed by atoms with E-state index < -0.39 is 6.04 Å². The molecule has 0 unspecified atom stereocenters. The summed E-state index contributed by atoms with van der Waals surface area (Å²) in [5.74, 6) is 0.223. The predicted octanol–water partition coefficient (Wildman–Crippen LogP) is 5.02. The van der Waals surface area contributed by atoms with E-state index in [1.54, 1.807) is 22.0 Å². The number of unbranched alkanes of at least 4 members (excludes halogenated alkanes) is 3. The van der Waals surface area contributed by atoms with Gasteiger partial charge < -0.3 is 10.2 Å². The van der Waals surface area contributed by atoms with Crippen molar-refractivity contribution in [1.82, 2.24) is 30.0 Å². The maximum Gasteiger partial charge on any atom is 0.245 e. The zero-order valence-corrected chi connectivity index (χ0v) is 24.9. The Kier molecular flexibility index (Phi) is 8.71.